The second-order valence-corrected chi connectivity index (χ2v) is 5.70. The van der Waals surface area contributed by atoms with Crippen LogP contribution in [0.1, 0.15) is 24.4 Å². The normalized spacial score (nSPS) is 18.1. The molecule has 5 nitrogen and oxygen atoms in total. The lowest BCUT2D eigenvalue weighted by Crippen LogP contribution is -2.29. The van der Waals surface area contributed by atoms with Crippen LogP contribution in [-0.4, -0.2) is 38.9 Å². The number of halogens is 1. The third kappa shape index (κ3) is 3.42. The van der Waals surface area contributed by atoms with Crippen LogP contribution in [-0.2, 0) is 11.2 Å². The zero-order valence-electron chi connectivity index (χ0n) is 11.7. The topological polar surface area (TPSA) is 51.0 Å². The highest BCUT2D eigenvalue weighted by atomic mass is 35.5. The molecular formula is C15H17ClN4O. The molecule has 1 aliphatic rings. The van der Waals surface area contributed by atoms with Crippen molar-refractivity contribution < 1.29 is 4.79 Å². The summed E-state index contributed by atoms with van der Waals surface area (Å²) < 4.78 is 0. The second kappa shape index (κ2) is 6.26. The molecule has 0 aliphatic carbocycles. The molecule has 1 fully saturated rings. The van der Waals surface area contributed by atoms with Crippen LogP contribution in [0.5, 0.6) is 0 Å². The van der Waals surface area contributed by atoms with Crippen molar-refractivity contribution in [3.05, 3.63) is 47.2 Å². The minimum Gasteiger partial charge on any atom is -0.340 e. The van der Waals surface area contributed by atoms with Crippen LogP contribution in [0.25, 0.3) is 0 Å². The zero-order chi connectivity index (χ0) is 14.7. The van der Waals surface area contributed by atoms with E-state index in [1.165, 1.54) is 0 Å². The Balaban J connectivity index is 1.52. The van der Waals surface area contributed by atoms with Crippen LogP contribution >= 0.6 is 11.6 Å². The lowest BCUT2D eigenvalue weighted by atomic mass is 10.1. The number of rotatable bonds is 4. The monoisotopic (exact) mass is 304 g/mol. The van der Waals surface area contributed by atoms with E-state index in [4.69, 9.17) is 11.6 Å². The molecular weight excluding hydrogens is 288 g/mol. The first-order chi connectivity index (χ1) is 10.2. The SMILES string of the molecule is O=C(CCc1cccc(Cl)c1)N1CCC(n2nccn2)C1. The third-order valence-electron chi connectivity index (χ3n) is 3.80. The summed E-state index contributed by atoms with van der Waals surface area (Å²) in [6.45, 7) is 1.48. The van der Waals surface area contributed by atoms with Crippen molar-refractivity contribution in [1.82, 2.24) is 19.9 Å². The number of nitrogens with zero attached hydrogens (tertiary/aromatic N) is 4. The van der Waals surface area contributed by atoms with Gasteiger partial charge in [-0.05, 0) is 30.5 Å². The van der Waals surface area contributed by atoms with Gasteiger partial charge in [-0.15, -0.1) is 0 Å². The van der Waals surface area contributed by atoms with Crippen molar-refractivity contribution in [3.63, 3.8) is 0 Å². The maximum atomic E-state index is 12.3. The summed E-state index contributed by atoms with van der Waals surface area (Å²) in [5.74, 6) is 0.185. The van der Waals surface area contributed by atoms with Gasteiger partial charge < -0.3 is 4.90 Å². The summed E-state index contributed by atoms with van der Waals surface area (Å²) in [7, 11) is 0. The highest BCUT2D eigenvalue weighted by Crippen LogP contribution is 2.21. The minimum absolute atomic E-state index is 0.185. The number of aryl methyl sites for hydroxylation is 1. The maximum absolute atomic E-state index is 12.3. The summed E-state index contributed by atoms with van der Waals surface area (Å²) in [6, 6.07) is 7.87. The molecule has 2 heterocycles. The summed E-state index contributed by atoms with van der Waals surface area (Å²) in [4.78, 5) is 15.9. The molecule has 1 aromatic heterocycles. The molecule has 6 heteroatoms. The largest absolute Gasteiger partial charge is 0.340 e. The van der Waals surface area contributed by atoms with Crippen molar-refractivity contribution >= 4 is 17.5 Å². The number of carbonyl (C=O) groups is 1. The van der Waals surface area contributed by atoms with Crippen LogP contribution in [0.15, 0.2) is 36.7 Å². The molecule has 3 rings (SSSR count). The van der Waals surface area contributed by atoms with E-state index in [1.807, 2.05) is 29.2 Å². The van der Waals surface area contributed by atoms with Gasteiger partial charge in [0, 0.05) is 24.5 Å². The molecule has 1 amide bonds. The number of hydrogen-bond donors (Lipinski definition) is 0. The van der Waals surface area contributed by atoms with Gasteiger partial charge in [-0.25, -0.2) is 0 Å². The Morgan fingerprint density at radius 2 is 2.14 bits per heavy atom. The van der Waals surface area contributed by atoms with Crippen LogP contribution in [0, 0.1) is 0 Å². The van der Waals surface area contributed by atoms with E-state index in [2.05, 4.69) is 10.2 Å². The predicted molar refractivity (Wildman–Crippen MR) is 80.0 cm³/mol. The predicted octanol–water partition coefficient (Wildman–Crippen LogP) is 2.34. The molecule has 0 radical (unpaired) electrons. The highest BCUT2D eigenvalue weighted by molar-refractivity contribution is 6.30. The van der Waals surface area contributed by atoms with Crippen molar-refractivity contribution in [1.29, 1.82) is 0 Å². The lowest BCUT2D eigenvalue weighted by molar-refractivity contribution is -0.130. The van der Waals surface area contributed by atoms with Crippen molar-refractivity contribution in [3.8, 4) is 0 Å². The maximum Gasteiger partial charge on any atom is 0.222 e. The number of hydrogen-bond acceptors (Lipinski definition) is 3. The fraction of sp³-hybridized carbons (Fsp3) is 0.400. The molecule has 0 saturated carbocycles. The number of likely N-dealkylation sites (tertiary alicyclic amines) is 1. The van der Waals surface area contributed by atoms with Crippen LogP contribution < -0.4 is 0 Å². The van der Waals surface area contributed by atoms with E-state index in [1.54, 1.807) is 17.2 Å². The standard InChI is InChI=1S/C15H17ClN4O/c16-13-3-1-2-12(10-13)4-5-15(21)19-9-6-14(11-19)20-17-7-8-18-20/h1-3,7-8,10,14H,4-6,9,11H2. The first-order valence-corrected chi connectivity index (χ1v) is 7.48. The summed E-state index contributed by atoms with van der Waals surface area (Å²) in [5, 5.41) is 9.01. The molecule has 0 N–H and O–H groups in total. The van der Waals surface area contributed by atoms with Crippen LogP contribution in [0.2, 0.25) is 5.02 Å². The van der Waals surface area contributed by atoms with Gasteiger partial charge in [0.2, 0.25) is 5.91 Å². The molecule has 1 aliphatic heterocycles. The average molecular weight is 305 g/mol. The van der Waals surface area contributed by atoms with Gasteiger partial charge in [-0.3, -0.25) is 4.79 Å². The summed E-state index contributed by atoms with van der Waals surface area (Å²) in [5.41, 5.74) is 1.10. The molecule has 1 saturated heterocycles. The molecule has 1 unspecified atom stereocenters. The second-order valence-electron chi connectivity index (χ2n) is 5.26. The Morgan fingerprint density at radius 3 is 2.90 bits per heavy atom. The molecule has 0 spiro atoms. The first-order valence-electron chi connectivity index (χ1n) is 7.10. The van der Waals surface area contributed by atoms with Crippen molar-refractivity contribution in [2.24, 2.45) is 0 Å². The third-order valence-corrected chi connectivity index (χ3v) is 4.03. The number of aromatic nitrogens is 3. The van der Waals surface area contributed by atoms with E-state index in [-0.39, 0.29) is 11.9 Å². The summed E-state index contributed by atoms with van der Waals surface area (Å²) >= 11 is 5.95. The quantitative estimate of drug-likeness (QED) is 0.871. The Bertz CT molecular complexity index is 614. The molecule has 2 aromatic rings. The van der Waals surface area contributed by atoms with Crippen molar-refractivity contribution in [2.45, 2.75) is 25.3 Å². The van der Waals surface area contributed by atoms with E-state index < -0.39 is 0 Å². The molecule has 110 valence electrons. The van der Waals surface area contributed by atoms with E-state index in [0.29, 0.717) is 18.0 Å². The summed E-state index contributed by atoms with van der Waals surface area (Å²) in [6.07, 6.45) is 5.49. The van der Waals surface area contributed by atoms with E-state index in [0.717, 1.165) is 24.9 Å². The number of benzene rings is 1. The number of carbonyl (C=O) groups excluding carboxylic acids is 1. The highest BCUT2D eigenvalue weighted by Gasteiger charge is 2.27. The van der Waals surface area contributed by atoms with Crippen LogP contribution in [0.4, 0.5) is 0 Å². The minimum atomic E-state index is 0.185. The smallest absolute Gasteiger partial charge is 0.222 e. The van der Waals surface area contributed by atoms with Gasteiger partial charge in [0.25, 0.3) is 0 Å². The molecule has 1 aromatic carbocycles. The van der Waals surface area contributed by atoms with Gasteiger partial charge in [0.15, 0.2) is 0 Å². The van der Waals surface area contributed by atoms with Gasteiger partial charge >= 0.3 is 0 Å². The fourth-order valence-corrected chi connectivity index (χ4v) is 2.89. The van der Waals surface area contributed by atoms with Gasteiger partial charge in [-0.1, -0.05) is 23.7 Å². The Morgan fingerprint density at radius 1 is 1.33 bits per heavy atom. The fourth-order valence-electron chi connectivity index (χ4n) is 2.67. The van der Waals surface area contributed by atoms with Gasteiger partial charge in [0.05, 0.1) is 18.4 Å². The van der Waals surface area contributed by atoms with E-state index in [9.17, 15) is 4.79 Å². The zero-order valence-corrected chi connectivity index (χ0v) is 12.4. The number of amides is 1. The van der Waals surface area contributed by atoms with E-state index >= 15 is 0 Å². The molecule has 21 heavy (non-hydrogen) atoms. The Kier molecular flexibility index (Phi) is 4.20. The molecule has 0 bridgehead atoms. The lowest BCUT2D eigenvalue weighted by Gasteiger charge is -2.16. The Labute approximate surface area is 128 Å². The van der Waals surface area contributed by atoms with Crippen LogP contribution in [0.3, 0.4) is 0 Å². The average Bonchev–Trinajstić information content (AvgIpc) is 3.15. The first kappa shape index (κ1) is 14.1. The van der Waals surface area contributed by atoms with Crippen molar-refractivity contribution in [2.75, 3.05) is 13.1 Å². The Hall–Kier alpha value is -1.88. The van der Waals surface area contributed by atoms with Gasteiger partial charge in [0.1, 0.15) is 0 Å². The molecule has 1 atom stereocenters. The van der Waals surface area contributed by atoms with Gasteiger partial charge in [-0.2, -0.15) is 15.0 Å².